The van der Waals surface area contributed by atoms with Crippen molar-refractivity contribution in [2.75, 3.05) is 32.8 Å². The van der Waals surface area contributed by atoms with Crippen LogP contribution in [-0.2, 0) is 11.3 Å². The molecule has 1 aromatic heterocycles. The highest BCUT2D eigenvalue weighted by atomic mass is 19.1. The van der Waals surface area contributed by atoms with Gasteiger partial charge in [-0.15, -0.1) is 0 Å². The van der Waals surface area contributed by atoms with Crippen LogP contribution in [0.15, 0.2) is 54.7 Å². The summed E-state index contributed by atoms with van der Waals surface area (Å²) >= 11 is 0. The molecular weight excluding hydrogens is 355 g/mol. The number of aryl methyl sites for hydroxylation is 1. The molecule has 0 aliphatic carbocycles. The average Bonchev–Trinajstić information content (AvgIpc) is 3.12. The Labute approximate surface area is 165 Å². The highest BCUT2D eigenvalue weighted by Crippen LogP contribution is 2.26. The fourth-order valence-corrected chi connectivity index (χ4v) is 3.73. The largest absolute Gasteiger partial charge is 0.486 e. The Morgan fingerprint density at radius 3 is 2.61 bits per heavy atom. The number of ether oxygens (including phenoxy) is 2. The standard InChI is InChI=1S/C23H27FN2O2/c1-18(19-3-6-21(24)7-4-19)28-22-8-5-20-9-12-26(23(20)17-22)11-2-10-25-13-15-27-16-14-25/h3-9,12,17-18H,2,10-11,13-16H2,1H3. The monoisotopic (exact) mass is 382 g/mol. The second-order valence-corrected chi connectivity index (χ2v) is 7.35. The van der Waals surface area contributed by atoms with Gasteiger partial charge in [-0.2, -0.15) is 0 Å². The summed E-state index contributed by atoms with van der Waals surface area (Å²) < 4.78 is 27.0. The van der Waals surface area contributed by atoms with Crippen molar-refractivity contribution < 1.29 is 13.9 Å². The Hall–Kier alpha value is -2.37. The van der Waals surface area contributed by atoms with E-state index in [0.29, 0.717) is 0 Å². The SMILES string of the molecule is CC(Oc1ccc2ccn(CCCN3CCOCC3)c2c1)c1ccc(F)cc1. The van der Waals surface area contributed by atoms with Crippen molar-refractivity contribution in [2.45, 2.75) is 26.0 Å². The third-order valence-corrected chi connectivity index (χ3v) is 5.37. The van der Waals surface area contributed by atoms with Crippen LogP contribution in [0.1, 0.15) is 25.0 Å². The number of nitrogens with zero attached hydrogens (tertiary/aromatic N) is 2. The summed E-state index contributed by atoms with van der Waals surface area (Å²) in [6.07, 6.45) is 3.13. The van der Waals surface area contributed by atoms with Gasteiger partial charge in [0.2, 0.25) is 0 Å². The van der Waals surface area contributed by atoms with E-state index in [9.17, 15) is 4.39 Å². The summed E-state index contributed by atoms with van der Waals surface area (Å²) in [6, 6.07) is 14.8. The van der Waals surface area contributed by atoms with E-state index in [4.69, 9.17) is 9.47 Å². The predicted octanol–water partition coefficient (Wildman–Crippen LogP) is 4.64. The van der Waals surface area contributed by atoms with Gasteiger partial charge < -0.3 is 14.0 Å². The molecule has 28 heavy (non-hydrogen) atoms. The second-order valence-electron chi connectivity index (χ2n) is 7.35. The number of aromatic nitrogens is 1. The lowest BCUT2D eigenvalue weighted by Crippen LogP contribution is -2.37. The van der Waals surface area contributed by atoms with Gasteiger partial charge in [-0.1, -0.05) is 12.1 Å². The molecule has 5 heteroatoms. The summed E-state index contributed by atoms with van der Waals surface area (Å²) in [5.41, 5.74) is 2.15. The molecule has 148 valence electrons. The molecule has 2 heterocycles. The van der Waals surface area contributed by atoms with E-state index in [1.54, 1.807) is 12.1 Å². The Morgan fingerprint density at radius 2 is 1.82 bits per heavy atom. The molecule has 0 radical (unpaired) electrons. The summed E-state index contributed by atoms with van der Waals surface area (Å²) in [7, 11) is 0. The predicted molar refractivity (Wildman–Crippen MR) is 109 cm³/mol. The first-order valence-corrected chi connectivity index (χ1v) is 10.0. The van der Waals surface area contributed by atoms with Gasteiger partial charge in [-0.3, -0.25) is 4.90 Å². The topological polar surface area (TPSA) is 26.6 Å². The third kappa shape index (κ3) is 4.54. The van der Waals surface area contributed by atoms with Gasteiger partial charge in [0, 0.05) is 38.4 Å². The first kappa shape index (κ1) is 19.0. The van der Waals surface area contributed by atoms with Crippen molar-refractivity contribution in [3.63, 3.8) is 0 Å². The maximum absolute atomic E-state index is 13.1. The van der Waals surface area contributed by atoms with Crippen LogP contribution in [0.5, 0.6) is 5.75 Å². The van der Waals surface area contributed by atoms with E-state index in [0.717, 1.165) is 57.1 Å². The van der Waals surface area contributed by atoms with Gasteiger partial charge in [-0.05, 0) is 54.6 Å². The average molecular weight is 382 g/mol. The smallest absolute Gasteiger partial charge is 0.123 e. The number of hydrogen-bond acceptors (Lipinski definition) is 3. The van der Waals surface area contributed by atoms with E-state index in [1.807, 2.05) is 13.0 Å². The van der Waals surface area contributed by atoms with Gasteiger partial charge >= 0.3 is 0 Å². The van der Waals surface area contributed by atoms with Crippen LogP contribution >= 0.6 is 0 Å². The highest BCUT2D eigenvalue weighted by molar-refractivity contribution is 5.81. The van der Waals surface area contributed by atoms with E-state index >= 15 is 0 Å². The number of hydrogen-bond donors (Lipinski definition) is 0. The quantitative estimate of drug-likeness (QED) is 0.595. The van der Waals surface area contributed by atoms with Crippen LogP contribution in [0, 0.1) is 5.82 Å². The zero-order valence-corrected chi connectivity index (χ0v) is 16.3. The van der Waals surface area contributed by atoms with Crippen molar-refractivity contribution in [1.82, 2.24) is 9.47 Å². The first-order chi connectivity index (χ1) is 13.7. The molecule has 1 saturated heterocycles. The van der Waals surface area contributed by atoms with Crippen LogP contribution < -0.4 is 4.74 Å². The van der Waals surface area contributed by atoms with Crippen LogP contribution in [0.25, 0.3) is 10.9 Å². The van der Waals surface area contributed by atoms with Crippen LogP contribution in [0.2, 0.25) is 0 Å². The molecule has 1 aliphatic heterocycles. The third-order valence-electron chi connectivity index (χ3n) is 5.37. The zero-order valence-electron chi connectivity index (χ0n) is 16.3. The van der Waals surface area contributed by atoms with E-state index in [1.165, 1.54) is 23.0 Å². The molecule has 1 fully saturated rings. The molecule has 3 aromatic rings. The van der Waals surface area contributed by atoms with Gasteiger partial charge in [0.25, 0.3) is 0 Å². The maximum atomic E-state index is 13.1. The van der Waals surface area contributed by atoms with E-state index < -0.39 is 0 Å². The molecular formula is C23H27FN2O2. The molecule has 2 aromatic carbocycles. The first-order valence-electron chi connectivity index (χ1n) is 10.0. The molecule has 4 rings (SSSR count). The lowest BCUT2D eigenvalue weighted by molar-refractivity contribution is 0.0369. The van der Waals surface area contributed by atoms with Crippen molar-refractivity contribution in [1.29, 1.82) is 0 Å². The molecule has 0 saturated carbocycles. The fourth-order valence-electron chi connectivity index (χ4n) is 3.73. The fraction of sp³-hybridized carbons (Fsp3) is 0.391. The van der Waals surface area contributed by atoms with Gasteiger partial charge in [0.15, 0.2) is 0 Å². The molecule has 0 amide bonds. The summed E-state index contributed by atoms with van der Waals surface area (Å²) in [4.78, 5) is 2.47. The highest BCUT2D eigenvalue weighted by Gasteiger charge is 2.11. The summed E-state index contributed by atoms with van der Waals surface area (Å²) in [5, 5.41) is 1.22. The number of rotatable bonds is 7. The Kier molecular flexibility index (Phi) is 5.93. The second kappa shape index (κ2) is 8.76. The van der Waals surface area contributed by atoms with Gasteiger partial charge in [-0.25, -0.2) is 4.39 Å². The van der Waals surface area contributed by atoms with Crippen LogP contribution in [-0.4, -0.2) is 42.3 Å². The Morgan fingerprint density at radius 1 is 1.04 bits per heavy atom. The van der Waals surface area contributed by atoms with Crippen molar-refractivity contribution >= 4 is 10.9 Å². The zero-order chi connectivity index (χ0) is 19.3. The molecule has 4 nitrogen and oxygen atoms in total. The van der Waals surface area contributed by atoms with Crippen molar-refractivity contribution in [3.05, 3.63) is 66.1 Å². The number of benzene rings is 2. The Bertz CT molecular complexity index is 901. The molecule has 1 unspecified atom stereocenters. The molecule has 0 bridgehead atoms. The van der Waals surface area contributed by atoms with E-state index in [2.05, 4.69) is 33.9 Å². The minimum atomic E-state index is -0.229. The number of fused-ring (bicyclic) bond motifs is 1. The van der Waals surface area contributed by atoms with Gasteiger partial charge in [0.05, 0.1) is 18.7 Å². The maximum Gasteiger partial charge on any atom is 0.123 e. The minimum Gasteiger partial charge on any atom is -0.486 e. The number of morpholine rings is 1. The molecule has 1 atom stereocenters. The lowest BCUT2D eigenvalue weighted by atomic mass is 10.1. The van der Waals surface area contributed by atoms with E-state index in [-0.39, 0.29) is 11.9 Å². The minimum absolute atomic E-state index is 0.136. The summed E-state index contributed by atoms with van der Waals surface area (Å²) in [6.45, 7) is 7.83. The number of halogens is 1. The lowest BCUT2D eigenvalue weighted by Gasteiger charge is -2.26. The molecule has 0 N–H and O–H groups in total. The summed E-state index contributed by atoms with van der Waals surface area (Å²) in [5.74, 6) is 0.602. The Balaban J connectivity index is 1.41. The van der Waals surface area contributed by atoms with Gasteiger partial charge in [0.1, 0.15) is 17.7 Å². The van der Waals surface area contributed by atoms with Crippen LogP contribution in [0.3, 0.4) is 0 Å². The van der Waals surface area contributed by atoms with Crippen molar-refractivity contribution in [2.24, 2.45) is 0 Å². The van der Waals surface area contributed by atoms with Crippen molar-refractivity contribution in [3.8, 4) is 5.75 Å². The molecule has 1 aliphatic rings. The van der Waals surface area contributed by atoms with Crippen LogP contribution in [0.4, 0.5) is 4.39 Å². The normalized spacial score (nSPS) is 16.4. The molecule has 0 spiro atoms.